The second-order valence-corrected chi connectivity index (χ2v) is 5.31. The van der Waals surface area contributed by atoms with E-state index in [2.05, 4.69) is 10.4 Å². The molecule has 1 aromatic carbocycles. The third-order valence-electron chi connectivity index (χ3n) is 3.25. The number of rotatable bonds is 5. The summed E-state index contributed by atoms with van der Waals surface area (Å²) in [7, 11) is 0. The maximum absolute atomic E-state index is 12.0. The number of hydrogen-bond acceptors (Lipinski definition) is 6. The number of anilines is 1. The molecule has 1 amide bonds. The highest BCUT2D eigenvalue weighted by Gasteiger charge is 2.23. The molecule has 24 heavy (non-hydrogen) atoms. The van der Waals surface area contributed by atoms with Crippen molar-refractivity contribution >= 4 is 34.6 Å². The molecule has 10 nitrogen and oxygen atoms in total. The molecule has 0 fully saturated rings. The van der Waals surface area contributed by atoms with Crippen LogP contribution in [0.2, 0.25) is 5.02 Å². The molecule has 0 aliphatic rings. The smallest absolute Gasteiger partial charge is 0.312 e. The van der Waals surface area contributed by atoms with Crippen molar-refractivity contribution in [2.24, 2.45) is 0 Å². The zero-order valence-electron chi connectivity index (χ0n) is 12.6. The van der Waals surface area contributed by atoms with Gasteiger partial charge in [0.05, 0.1) is 9.85 Å². The van der Waals surface area contributed by atoms with Crippen molar-refractivity contribution < 1.29 is 14.6 Å². The van der Waals surface area contributed by atoms with Gasteiger partial charge in [-0.3, -0.25) is 29.7 Å². The van der Waals surface area contributed by atoms with E-state index in [1.807, 2.05) is 0 Å². The highest BCUT2D eigenvalue weighted by atomic mass is 35.5. The molecule has 0 radical (unpaired) electrons. The Labute approximate surface area is 140 Å². The molecule has 1 aromatic heterocycles. The normalized spacial score (nSPS) is 10.5. The van der Waals surface area contributed by atoms with Crippen LogP contribution in [0, 0.1) is 34.1 Å². The first-order valence-electron chi connectivity index (χ1n) is 6.63. The minimum absolute atomic E-state index is 0.0489. The molecule has 0 unspecified atom stereocenters. The maximum Gasteiger partial charge on any atom is 0.312 e. The Bertz CT molecular complexity index is 848. The molecule has 2 rings (SSSR count). The van der Waals surface area contributed by atoms with Gasteiger partial charge in [-0.25, -0.2) is 0 Å². The summed E-state index contributed by atoms with van der Waals surface area (Å²) in [5.74, 6) is -0.535. The fourth-order valence-corrected chi connectivity index (χ4v) is 2.36. The number of aromatic nitrogens is 2. The Morgan fingerprint density at radius 3 is 2.50 bits per heavy atom. The SMILES string of the molecule is Cc1nn(CC(=O)Nc2ccc(Cl)c([N+](=O)[O-])c2)c(C)c1[N+](=O)[O-]. The van der Waals surface area contributed by atoms with Crippen LogP contribution in [0.1, 0.15) is 11.4 Å². The van der Waals surface area contributed by atoms with Crippen molar-refractivity contribution in [3.05, 3.63) is 54.8 Å². The topological polar surface area (TPSA) is 133 Å². The summed E-state index contributed by atoms with van der Waals surface area (Å²) >= 11 is 5.70. The number of nitro groups is 2. The molecule has 1 heterocycles. The summed E-state index contributed by atoms with van der Waals surface area (Å²) in [4.78, 5) is 32.6. The van der Waals surface area contributed by atoms with E-state index in [-0.39, 0.29) is 40.0 Å². The number of nitrogens with zero attached hydrogens (tertiary/aromatic N) is 4. The molecule has 0 atom stereocenters. The Kier molecular flexibility index (Phi) is 4.79. The van der Waals surface area contributed by atoms with Gasteiger partial charge >= 0.3 is 5.69 Å². The molecule has 0 aliphatic heterocycles. The van der Waals surface area contributed by atoms with Crippen LogP contribution in [0.4, 0.5) is 17.1 Å². The predicted octanol–water partition coefficient (Wildman–Crippen LogP) is 2.61. The summed E-state index contributed by atoms with van der Waals surface area (Å²) in [6.45, 7) is 2.69. The molecule has 0 saturated heterocycles. The molecule has 11 heteroatoms. The predicted molar refractivity (Wildman–Crippen MR) is 85.1 cm³/mol. The Balaban J connectivity index is 2.18. The summed E-state index contributed by atoms with van der Waals surface area (Å²) in [5.41, 5.74) is 0.149. The average Bonchev–Trinajstić information content (AvgIpc) is 2.75. The number of hydrogen-bond donors (Lipinski definition) is 1. The van der Waals surface area contributed by atoms with E-state index < -0.39 is 15.8 Å². The number of nitro benzene ring substituents is 1. The van der Waals surface area contributed by atoms with Crippen molar-refractivity contribution in [3.8, 4) is 0 Å². The molecule has 0 saturated carbocycles. The van der Waals surface area contributed by atoms with Crippen LogP contribution >= 0.6 is 11.6 Å². The van der Waals surface area contributed by atoms with E-state index in [0.717, 1.165) is 6.07 Å². The molecular weight excluding hydrogens is 342 g/mol. The fourth-order valence-electron chi connectivity index (χ4n) is 2.17. The quantitative estimate of drug-likeness (QED) is 0.648. The lowest BCUT2D eigenvalue weighted by Crippen LogP contribution is -2.20. The van der Waals surface area contributed by atoms with E-state index in [4.69, 9.17) is 11.6 Å². The molecule has 126 valence electrons. The second-order valence-electron chi connectivity index (χ2n) is 4.91. The van der Waals surface area contributed by atoms with Gasteiger partial charge in [0, 0.05) is 11.8 Å². The highest BCUT2D eigenvalue weighted by Crippen LogP contribution is 2.27. The molecular formula is C13H12ClN5O5. The van der Waals surface area contributed by atoms with E-state index in [0.29, 0.717) is 0 Å². The first kappa shape index (κ1) is 17.3. The van der Waals surface area contributed by atoms with Crippen LogP contribution in [-0.4, -0.2) is 25.5 Å². The maximum atomic E-state index is 12.0. The summed E-state index contributed by atoms with van der Waals surface area (Å²) in [6, 6.07) is 3.84. The molecule has 2 aromatic rings. The van der Waals surface area contributed by atoms with Crippen molar-refractivity contribution in [3.63, 3.8) is 0 Å². The highest BCUT2D eigenvalue weighted by molar-refractivity contribution is 6.32. The van der Waals surface area contributed by atoms with Crippen LogP contribution < -0.4 is 5.32 Å². The van der Waals surface area contributed by atoms with Gasteiger partial charge in [-0.05, 0) is 26.0 Å². The standard InChI is InChI=1S/C13H12ClN5O5/c1-7-13(19(23)24)8(2)17(16-7)6-12(20)15-9-3-4-10(14)11(5-9)18(21)22/h3-5H,6H2,1-2H3,(H,15,20). The third-order valence-corrected chi connectivity index (χ3v) is 3.57. The van der Waals surface area contributed by atoms with Crippen LogP contribution in [0.5, 0.6) is 0 Å². The molecule has 0 bridgehead atoms. The second kappa shape index (κ2) is 6.62. The van der Waals surface area contributed by atoms with Crippen molar-refractivity contribution in [1.29, 1.82) is 0 Å². The third kappa shape index (κ3) is 3.49. The van der Waals surface area contributed by atoms with Crippen molar-refractivity contribution in [2.75, 3.05) is 5.32 Å². The van der Waals surface area contributed by atoms with Gasteiger partial charge in [0.25, 0.3) is 5.69 Å². The Morgan fingerprint density at radius 1 is 1.29 bits per heavy atom. The first-order valence-corrected chi connectivity index (χ1v) is 7.00. The number of halogens is 1. The Hall–Kier alpha value is -3.01. The van der Waals surface area contributed by atoms with Crippen LogP contribution in [0.15, 0.2) is 18.2 Å². The van der Waals surface area contributed by atoms with E-state index in [1.165, 1.54) is 30.7 Å². The van der Waals surface area contributed by atoms with Gasteiger partial charge in [-0.1, -0.05) is 11.6 Å². The first-order chi connectivity index (χ1) is 11.2. The summed E-state index contributed by atoms with van der Waals surface area (Å²) < 4.78 is 1.20. The lowest BCUT2D eigenvalue weighted by molar-refractivity contribution is -0.386. The van der Waals surface area contributed by atoms with Gasteiger partial charge < -0.3 is 5.32 Å². The zero-order chi connectivity index (χ0) is 18.0. The van der Waals surface area contributed by atoms with Gasteiger partial charge in [-0.2, -0.15) is 5.10 Å². The average molecular weight is 354 g/mol. The number of aryl methyl sites for hydroxylation is 1. The van der Waals surface area contributed by atoms with E-state index in [1.54, 1.807) is 0 Å². The lowest BCUT2D eigenvalue weighted by atomic mass is 10.2. The van der Waals surface area contributed by atoms with Crippen LogP contribution in [0.25, 0.3) is 0 Å². The van der Waals surface area contributed by atoms with Crippen LogP contribution in [-0.2, 0) is 11.3 Å². The van der Waals surface area contributed by atoms with Gasteiger partial charge in [-0.15, -0.1) is 0 Å². The molecule has 1 N–H and O–H groups in total. The van der Waals surface area contributed by atoms with Crippen LogP contribution in [0.3, 0.4) is 0 Å². The number of amides is 1. The van der Waals surface area contributed by atoms with E-state index >= 15 is 0 Å². The van der Waals surface area contributed by atoms with Gasteiger partial charge in [0.15, 0.2) is 0 Å². The number of carbonyl (C=O) groups excluding carboxylic acids is 1. The van der Waals surface area contributed by atoms with Crippen molar-refractivity contribution in [2.45, 2.75) is 20.4 Å². The number of benzene rings is 1. The van der Waals surface area contributed by atoms with Crippen molar-refractivity contribution in [1.82, 2.24) is 9.78 Å². The monoisotopic (exact) mass is 353 g/mol. The van der Waals surface area contributed by atoms with Gasteiger partial charge in [0.2, 0.25) is 5.91 Å². The minimum Gasteiger partial charge on any atom is -0.324 e. The summed E-state index contributed by atoms with van der Waals surface area (Å²) in [5, 5.41) is 28.1. The lowest BCUT2D eigenvalue weighted by Gasteiger charge is -2.07. The van der Waals surface area contributed by atoms with E-state index in [9.17, 15) is 25.0 Å². The summed E-state index contributed by atoms with van der Waals surface area (Å²) in [6.07, 6.45) is 0. The molecule has 0 spiro atoms. The molecule has 0 aliphatic carbocycles. The number of carbonyl (C=O) groups is 1. The Morgan fingerprint density at radius 2 is 1.96 bits per heavy atom. The number of nitrogens with one attached hydrogen (secondary N) is 1. The largest absolute Gasteiger partial charge is 0.324 e. The fraction of sp³-hybridized carbons (Fsp3) is 0.231. The zero-order valence-corrected chi connectivity index (χ0v) is 13.4. The van der Waals surface area contributed by atoms with Gasteiger partial charge in [0.1, 0.15) is 23.0 Å². The minimum atomic E-state index is -0.664.